The van der Waals surface area contributed by atoms with Crippen molar-refractivity contribution in [1.29, 1.82) is 0 Å². The molecule has 1 amide bonds. The van der Waals surface area contributed by atoms with Gasteiger partial charge in [-0.1, -0.05) is 5.16 Å². The Kier molecular flexibility index (Phi) is 4.47. The number of hydrogen-bond donors (Lipinski definition) is 0. The van der Waals surface area contributed by atoms with Crippen molar-refractivity contribution in [2.24, 2.45) is 0 Å². The number of alkyl halides is 2. The molecule has 0 aromatic carbocycles. The highest BCUT2D eigenvalue weighted by Crippen LogP contribution is 2.40. The Labute approximate surface area is 135 Å². The van der Waals surface area contributed by atoms with Crippen LogP contribution in [0.25, 0.3) is 11.6 Å². The van der Waals surface area contributed by atoms with Crippen LogP contribution in [0, 0.1) is 0 Å². The minimum absolute atomic E-state index is 0.0699. The Bertz CT molecular complexity index is 709. The summed E-state index contributed by atoms with van der Waals surface area (Å²) < 4.78 is 37.7. The second-order valence-corrected chi connectivity index (χ2v) is 5.26. The lowest BCUT2D eigenvalue weighted by Crippen LogP contribution is -2.35. The van der Waals surface area contributed by atoms with Crippen LogP contribution in [-0.4, -0.2) is 56.6 Å². The van der Waals surface area contributed by atoms with Gasteiger partial charge in [0.2, 0.25) is 23.4 Å². The molecule has 2 aromatic rings. The number of carbonyl (C=O) groups excluding carboxylic acids is 1. The van der Waals surface area contributed by atoms with Crippen LogP contribution in [0.3, 0.4) is 0 Å². The number of aromatic nitrogens is 4. The molecular formula is C14H15F2N5O3. The Hall–Kier alpha value is -2.49. The van der Waals surface area contributed by atoms with Crippen LogP contribution in [0.5, 0.6) is 0 Å². The normalized spacial score (nSPS) is 19.6. The van der Waals surface area contributed by atoms with Gasteiger partial charge in [0.15, 0.2) is 0 Å². The number of carbonyl (C=O) groups is 1. The first-order valence-electron chi connectivity index (χ1n) is 7.36. The number of nitrogens with zero attached hydrogens (tertiary/aromatic N) is 5. The van der Waals surface area contributed by atoms with Crippen LogP contribution in [0.15, 0.2) is 23.0 Å². The predicted molar refractivity (Wildman–Crippen MR) is 75.8 cm³/mol. The highest BCUT2D eigenvalue weighted by atomic mass is 19.3. The summed E-state index contributed by atoms with van der Waals surface area (Å²) >= 11 is 0. The Morgan fingerprint density at radius 2 is 2.17 bits per heavy atom. The molecule has 1 saturated heterocycles. The number of halogens is 2. The molecule has 0 saturated carbocycles. The van der Waals surface area contributed by atoms with E-state index in [1.807, 2.05) is 0 Å². The van der Waals surface area contributed by atoms with E-state index in [0.717, 1.165) is 4.90 Å². The van der Waals surface area contributed by atoms with Crippen molar-refractivity contribution >= 4 is 5.91 Å². The first-order chi connectivity index (χ1) is 11.5. The molecule has 128 valence electrons. The lowest BCUT2D eigenvalue weighted by Gasteiger charge is -2.20. The van der Waals surface area contributed by atoms with Crippen molar-refractivity contribution in [2.45, 2.75) is 25.3 Å². The average molecular weight is 339 g/mol. The zero-order valence-corrected chi connectivity index (χ0v) is 12.9. The number of rotatable bonds is 5. The quantitative estimate of drug-likeness (QED) is 0.814. The van der Waals surface area contributed by atoms with Crippen LogP contribution < -0.4 is 0 Å². The van der Waals surface area contributed by atoms with Gasteiger partial charge in [-0.3, -0.25) is 4.79 Å². The van der Waals surface area contributed by atoms with Gasteiger partial charge in [-0.2, -0.15) is 4.98 Å². The summed E-state index contributed by atoms with van der Waals surface area (Å²) in [6.45, 7) is 1.05. The molecule has 3 heterocycles. The summed E-state index contributed by atoms with van der Waals surface area (Å²) in [5, 5.41) is 3.71. The third kappa shape index (κ3) is 3.37. The predicted octanol–water partition coefficient (Wildman–Crippen LogP) is 1.47. The number of ether oxygens (including phenoxy) is 1. The molecule has 10 heteroatoms. The molecule has 0 bridgehead atoms. The third-order valence-electron chi connectivity index (χ3n) is 3.51. The number of hydrogen-bond acceptors (Lipinski definition) is 7. The van der Waals surface area contributed by atoms with Crippen molar-refractivity contribution in [3.05, 3.63) is 24.4 Å². The van der Waals surface area contributed by atoms with E-state index < -0.39 is 30.8 Å². The number of likely N-dealkylation sites (tertiary alicyclic amines) is 1. The van der Waals surface area contributed by atoms with Crippen LogP contribution in [-0.2, 0) is 9.53 Å². The SMILES string of the molecule is CCOCC(=O)N1CC(F)(F)C[C@H]1c1nc(-c2ncccn2)no1. The van der Waals surface area contributed by atoms with E-state index in [-0.39, 0.29) is 24.1 Å². The number of amides is 1. The van der Waals surface area contributed by atoms with Crippen molar-refractivity contribution < 1.29 is 22.8 Å². The lowest BCUT2D eigenvalue weighted by atomic mass is 10.2. The molecular weight excluding hydrogens is 324 g/mol. The van der Waals surface area contributed by atoms with Crippen molar-refractivity contribution in [3.8, 4) is 11.6 Å². The van der Waals surface area contributed by atoms with Gasteiger partial charge in [-0.25, -0.2) is 18.7 Å². The van der Waals surface area contributed by atoms with Crippen LogP contribution in [0.4, 0.5) is 8.78 Å². The standard InChI is InChI=1S/C14H15F2N5O3/c1-2-23-7-10(22)21-8-14(15,16)6-9(21)13-19-12(20-24-13)11-17-4-3-5-18-11/h3-5,9H,2,6-8H2,1H3/t9-/m0/s1. The minimum atomic E-state index is -3.02. The highest BCUT2D eigenvalue weighted by Gasteiger charge is 2.49. The van der Waals surface area contributed by atoms with Gasteiger partial charge in [0.1, 0.15) is 12.6 Å². The summed E-state index contributed by atoms with van der Waals surface area (Å²) in [5.41, 5.74) is 0. The molecule has 0 spiro atoms. The highest BCUT2D eigenvalue weighted by molar-refractivity contribution is 5.78. The van der Waals surface area contributed by atoms with Crippen LogP contribution >= 0.6 is 0 Å². The summed E-state index contributed by atoms with van der Waals surface area (Å²) in [5.74, 6) is -3.35. The molecule has 1 atom stereocenters. The van der Waals surface area contributed by atoms with E-state index in [0.29, 0.717) is 6.61 Å². The smallest absolute Gasteiger partial charge is 0.267 e. The van der Waals surface area contributed by atoms with Gasteiger partial charge >= 0.3 is 0 Å². The molecule has 2 aromatic heterocycles. The maximum atomic E-state index is 13.8. The Morgan fingerprint density at radius 3 is 2.88 bits per heavy atom. The second kappa shape index (κ2) is 6.56. The van der Waals surface area contributed by atoms with E-state index in [4.69, 9.17) is 9.26 Å². The van der Waals surface area contributed by atoms with Crippen molar-refractivity contribution in [3.63, 3.8) is 0 Å². The van der Waals surface area contributed by atoms with Gasteiger partial charge in [0, 0.05) is 25.4 Å². The van der Waals surface area contributed by atoms with Crippen LogP contribution in [0.2, 0.25) is 0 Å². The maximum Gasteiger partial charge on any atom is 0.267 e. The van der Waals surface area contributed by atoms with Crippen molar-refractivity contribution in [1.82, 2.24) is 25.0 Å². The monoisotopic (exact) mass is 339 g/mol. The third-order valence-corrected chi connectivity index (χ3v) is 3.51. The molecule has 0 N–H and O–H groups in total. The average Bonchev–Trinajstić information content (AvgIpc) is 3.17. The Morgan fingerprint density at radius 1 is 1.42 bits per heavy atom. The van der Waals surface area contributed by atoms with Gasteiger partial charge in [-0.05, 0) is 13.0 Å². The summed E-state index contributed by atoms with van der Waals surface area (Å²) in [6.07, 6.45) is 2.42. The Balaban J connectivity index is 1.83. The van der Waals surface area contributed by atoms with E-state index >= 15 is 0 Å². The lowest BCUT2D eigenvalue weighted by molar-refractivity contribution is -0.138. The summed E-state index contributed by atoms with van der Waals surface area (Å²) in [4.78, 5) is 25.1. The molecule has 8 nitrogen and oxygen atoms in total. The van der Waals surface area contributed by atoms with Gasteiger partial charge in [-0.15, -0.1) is 0 Å². The zero-order valence-electron chi connectivity index (χ0n) is 12.9. The van der Waals surface area contributed by atoms with E-state index in [1.54, 1.807) is 13.0 Å². The molecule has 0 radical (unpaired) electrons. The fraction of sp³-hybridized carbons (Fsp3) is 0.500. The van der Waals surface area contributed by atoms with E-state index in [9.17, 15) is 13.6 Å². The minimum Gasteiger partial charge on any atom is -0.372 e. The first kappa shape index (κ1) is 16.4. The van der Waals surface area contributed by atoms with E-state index in [2.05, 4.69) is 20.1 Å². The second-order valence-electron chi connectivity index (χ2n) is 5.26. The zero-order chi connectivity index (χ0) is 17.2. The largest absolute Gasteiger partial charge is 0.372 e. The summed E-state index contributed by atoms with van der Waals surface area (Å²) in [7, 11) is 0. The fourth-order valence-electron chi connectivity index (χ4n) is 2.45. The van der Waals surface area contributed by atoms with Crippen LogP contribution in [0.1, 0.15) is 25.3 Å². The first-order valence-corrected chi connectivity index (χ1v) is 7.36. The van der Waals surface area contributed by atoms with Gasteiger partial charge in [0.05, 0.1) is 6.54 Å². The molecule has 3 rings (SSSR count). The summed E-state index contributed by atoms with van der Waals surface area (Å²) in [6, 6.07) is 0.619. The van der Waals surface area contributed by atoms with E-state index in [1.165, 1.54) is 12.4 Å². The topological polar surface area (TPSA) is 94.2 Å². The molecule has 1 fully saturated rings. The van der Waals surface area contributed by atoms with Gasteiger partial charge in [0.25, 0.3) is 5.92 Å². The molecule has 0 aliphatic carbocycles. The molecule has 1 aliphatic rings. The maximum absolute atomic E-state index is 13.8. The van der Waals surface area contributed by atoms with Crippen molar-refractivity contribution in [2.75, 3.05) is 19.8 Å². The molecule has 0 unspecified atom stereocenters. The molecule has 1 aliphatic heterocycles. The fourth-order valence-corrected chi connectivity index (χ4v) is 2.45. The molecule has 24 heavy (non-hydrogen) atoms. The van der Waals surface area contributed by atoms with Gasteiger partial charge < -0.3 is 14.2 Å².